The fraction of sp³-hybridized carbons (Fsp3) is 0.389. The van der Waals surface area contributed by atoms with E-state index in [2.05, 4.69) is 4.90 Å². The van der Waals surface area contributed by atoms with Crippen LogP contribution in [0.15, 0.2) is 40.8 Å². The van der Waals surface area contributed by atoms with Gasteiger partial charge in [0.1, 0.15) is 5.76 Å². The molecule has 1 aromatic heterocycles. The number of carbonyl (C=O) groups is 1. The normalized spacial score (nSPS) is 11.1. The number of aliphatic hydroxyl groups is 1. The van der Waals surface area contributed by atoms with Gasteiger partial charge in [0.05, 0.1) is 6.61 Å². The molecule has 0 saturated heterocycles. The molecule has 1 heterocycles. The van der Waals surface area contributed by atoms with Crippen LogP contribution in [-0.2, 0) is 6.54 Å². The number of aliphatic hydroxyl groups excluding tert-OH is 1. The first-order valence-electron chi connectivity index (χ1n) is 7.57. The third-order valence-corrected chi connectivity index (χ3v) is 3.76. The van der Waals surface area contributed by atoms with E-state index in [9.17, 15) is 9.90 Å². The number of Topliss-reactive ketones (excluding diaryl/α,β-unsaturated/α-hetero) is 1. The number of furan rings is 1. The maximum Gasteiger partial charge on any atom is 0.199 e. The summed E-state index contributed by atoms with van der Waals surface area (Å²) in [5, 5.41) is 9.19. The Bertz CT molecular complexity index is 585. The highest BCUT2D eigenvalue weighted by Crippen LogP contribution is 2.15. The van der Waals surface area contributed by atoms with Crippen molar-refractivity contribution in [2.75, 3.05) is 19.7 Å². The number of hydrogen-bond acceptors (Lipinski definition) is 4. The number of aryl methyl sites for hydroxylation is 2. The first kappa shape index (κ1) is 16.5. The molecular formula is C18H23NO3. The van der Waals surface area contributed by atoms with Gasteiger partial charge in [-0.1, -0.05) is 30.3 Å². The summed E-state index contributed by atoms with van der Waals surface area (Å²) in [5.41, 5.74) is 2.17. The van der Waals surface area contributed by atoms with Crippen LogP contribution in [0.3, 0.4) is 0 Å². The fourth-order valence-corrected chi connectivity index (χ4v) is 2.35. The van der Waals surface area contributed by atoms with Crippen molar-refractivity contribution < 1.29 is 14.3 Å². The van der Waals surface area contributed by atoms with Gasteiger partial charge in [-0.15, -0.1) is 0 Å². The van der Waals surface area contributed by atoms with Crippen molar-refractivity contribution in [3.63, 3.8) is 0 Å². The SMILES string of the molecule is Cc1cc(C(=O)CCN(CCO)Cc2ccccc2)oc1C. The largest absolute Gasteiger partial charge is 0.458 e. The van der Waals surface area contributed by atoms with Gasteiger partial charge in [0, 0.05) is 26.1 Å². The molecule has 0 aliphatic carbocycles. The molecule has 22 heavy (non-hydrogen) atoms. The highest BCUT2D eigenvalue weighted by Gasteiger charge is 2.14. The minimum Gasteiger partial charge on any atom is -0.458 e. The molecule has 1 aromatic carbocycles. The summed E-state index contributed by atoms with van der Waals surface area (Å²) in [6, 6.07) is 11.9. The predicted molar refractivity (Wildman–Crippen MR) is 85.9 cm³/mol. The molecule has 0 amide bonds. The molecule has 0 saturated carbocycles. The van der Waals surface area contributed by atoms with E-state index in [1.807, 2.05) is 44.2 Å². The minimum atomic E-state index is 0.00667. The minimum absolute atomic E-state index is 0.00667. The lowest BCUT2D eigenvalue weighted by Crippen LogP contribution is -2.28. The predicted octanol–water partition coefficient (Wildman–Crippen LogP) is 2.96. The van der Waals surface area contributed by atoms with Crippen LogP contribution >= 0.6 is 0 Å². The molecular weight excluding hydrogens is 278 g/mol. The van der Waals surface area contributed by atoms with E-state index in [0.717, 1.165) is 17.9 Å². The Morgan fingerprint density at radius 3 is 2.50 bits per heavy atom. The molecule has 0 radical (unpaired) electrons. The van der Waals surface area contributed by atoms with E-state index in [1.54, 1.807) is 6.07 Å². The molecule has 0 aliphatic rings. The third-order valence-electron chi connectivity index (χ3n) is 3.76. The second kappa shape index (κ2) is 7.92. The summed E-state index contributed by atoms with van der Waals surface area (Å²) in [5.74, 6) is 1.23. The molecule has 118 valence electrons. The number of nitrogens with zero attached hydrogens (tertiary/aromatic N) is 1. The average Bonchev–Trinajstić information content (AvgIpc) is 2.85. The van der Waals surface area contributed by atoms with Crippen molar-refractivity contribution in [2.45, 2.75) is 26.8 Å². The number of rotatable bonds is 8. The Morgan fingerprint density at radius 2 is 1.91 bits per heavy atom. The van der Waals surface area contributed by atoms with E-state index < -0.39 is 0 Å². The van der Waals surface area contributed by atoms with E-state index in [-0.39, 0.29) is 12.4 Å². The third kappa shape index (κ3) is 4.55. The highest BCUT2D eigenvalue weighted by molar-refractivity contribution is 5.93. The van der Waals surface area contributed by atoms with Crippen LogP contribution < -0.4 is 0 Å². The summed E-state index contributed by atoms with van der Waals surface area (Å²) in [6.07, 6.45) is 0.388. The number of ketones is 1. The van der Waals surface area contributed by atoms with Gasteiger partial charge in [-0.2, -0.15) is 0 Å². The van der Waals surface area contributed by atoms with Crippen molar-refractivity contribution >= 4 is 5.78 Å². The lowest BCUT2D eigenvalue weighted by Gasteiger charge is -2.20. The average molecular weight is 301 g/mol. The molecule has 4 heteroatoms. The summed E-state index contributed by atoms with van der Waals surface area (Å²) >= 11 is 0. The van der Waals surface area contributed by atoms with Gasteiger partial charge in [0.2, 0.25) is 0 Å². The second-order valence-corrected chi connectivity index (χ2v) is 5.51. The van der Waals surface area contributed by atoms with Crippen molar-refractivity contribution in [1.82, 2.24) is 4.90 Å². The first-order valence-corrected chi connectivity index (χ1v) is 7.57. The number of hydrogen-bond donors (Lipinski definition) is 1. The lowest BCUT2D eigenvalue weighted by atomic mass is 10.1. The zero-order chi connectivity index (χ0) is 15.9. The van der Waals surface area contributed by atoms with Crippen LogP contribution in [0.4, 0.5) is 0 Å². The van der Waals surface area contributed by atoms with Gasteiger partial charge in [0.15, 0.2) is 11.5 Å². The van der Waals surface area contributed by atoms with Gasteiger partial charge < -0.3 is 9.52 Å². The quantitative estimate of drug-likeness (QED) is 0.762. The van der Waals surface area contributed by atoms with Gasteiger partial charge >= 0.3 is 0 Å². The van der Waals surface area contributed by atoms with Crippen molar-refractivity contribution in [1.29, 1.82) is 0 Å². The first-order chi connectivity index (χ1) is 10.6. The maximum atomic E-state index is 12.2. The Balaban J connectivity index is 1.92. The Labute approximate surface area is 131 Å². The highest BCUT2D eigenvalue weighted by atomic mass is 16.3. The van der Waals surface area contributed by atoms with Crippen LogP contribution in [0, 0.1) is 13.8 Å². The van der Waals surface area contributed by atoms with Gasteiger partial charge in [-0.3, -0.25) is 9.69 Å². The van der Waals surface area contributed by atoms with E-state index >= 15 is 0 Å². The Morgan fingerprint density at radius 1 is 1.18 bits per heavy atom. The monoisotopic (exact) mass is 301 g/mol. The number of benzene rings is 1. The topological polar surface area (TPSA) is 53.7 Å². The van der Waals surface area contributed by atoms with Crippen molar-refractivity contribution in [3.05, 3.63) is 59.0 Å². The van der Waals surface area contributed by atoms with E-state index in [1.165, 1.54) is 5.56 Å². The van der Waals surface area contributed by atoms with Crippen LogP contribution in [-0.4, -0.2) is 35.5 Å². The fourth-order valence-electron chi connectivity index (χ4n) is 2.35. The molecule has 2 aromatic rings. The molecule has 2 rings (SSSR count). The Hall–Kier alpha value is -1.91. The standard InChI is InChI=1S/C18H23NO3/c1-14-12-18(22-15(14)2)17(21)8-9-19(10-11-20)13-16-6-4-3-5-7-16/h3-7,12,20H,8-11,13H2,1-2H3. The van der Waals surface area contributed by atoms with Crippen molar-refractivity contribution in [3.8, 4) is 0 Å². The second-order valence-electron chi connectivity index (χ2n) is 5.51. The van der Waals surface area contributed by atoms with Crippen LogP contribution in [0.25, 0.3) is 0 Å². The van der Waals surface area contributed by atoms with E-state index in [0.29, 0.717) is 25.3 Å². The lowest BCUT2D eigenvalue weighted by molar-refractivity contribution is 0.0926. The van der Waals surface area contributed by atoms with Gasteiger partial charge in [-0.05, 0) is 31.0 Å². The summed E-state index contributed by atoms with van der Waals surface area (Å²) in [4.78, 5) is 14.3. The molecule has 4 nitrogen and oxygen atoms in total. The van der Waals surface area contributed by atoms with Crippen LogP contribution in [0.2, 0.25) is 0 Å². The molecule has 0 bridgehead atoms. The van der Waals surface area contributed by atoms with Gasteiger partial charge in [0.25, 0.3) is 0 Å². The van der Waals surface area contributed by atoms with Crippen LogP contribution in [0.1, 0.15) is 33.9 Å². The zero-order valence-corrected chi connectivity index (χ0v) is 13.2. The van der Waals surface area contributed by atoms with E-state index in [4.69, 9.17) is 4.42 Å². The molecule has 1 N–H and O–H groups in total. The molecule has 0 unspecified atom stereocenters. The van der Waals surface area contributed by atoms with Crippen LogP contribution in [0.5, 0.6) is 0 Å². The summed E-state index contributed by atoms with van der Waals surface area (Å²) < 4.78 is 5.47. The molecule has 0 fully saturated rings. The zero-order valence-electron chi connectivity index (χ0n) is 13.2. The van der Waals surface area contributed by atoms with Crippen molar-refractivity contribution in [2.24, 2.45) is 0 Å². The molecule has 0 atom stereocenters. The summed E-state index contributed by atoms with van der Waals surface area (Å²) in [7, 11) is 0. The van der Waals surface area contributed by atoms with Gasteiger partial charge in [-0.25, -0.2) is 0 Å². The smallest absolute Gasteiger partial charge is 0.199 e. The molecule has 0 aliphatic heterocycles. The number of carbonyl (C=O) groups excluding carboxylic acids is 1. The molecule has 0 spiro atoms. The Kier molecular flexibility index (Phi) is 5.92. The summed E-state index contributed by atoms with van der Waals surface area (Å²) in [6.45, 7) is 5.76. The maximum absolute atomic E-state index is 12.2.